The Morgan fingerprint density at radius 2 is 2.22 bits per heavy atom. The second-order valence-corrected chi connectivity index (χ2v) is 5.83. The van der Waals surface area contributed by atoms with E-state index in [0.29, 0.717) is 12.5 Å². The lowest BCUT2D eigenvalue weighted by Gasteiger charge is -2.18. The molecular formula is C16H23N5O2. The number of hydrogen-bond donors (Lipinski definition) is 3. The minimum Gasteiger partial charge on any atom is -0.394 e. The van der Waals surface area contributed by atoms with Crippen LogP contribution in [-0.2, 0) is 6.54 Å². The molecule has 3 N–H and O–H groups in total. The molecule has 0 unspecified atom stereocenters. The van der Waals surface area contributed by atoms with E-state index < -0.39 is 0 Å². The number of carbonyl (C=O) groups is 1. The molecule has 1 atom stereocenters. The molecule has 2 rings (SSSR count). The fraction of sp³-hybridized carbons (Fsp3) is 0.438. The van der Waals surface area contributed by atoms with Crippen molar-refractivity contribution in [2.45, 2.75) is 32.9 Å². The molecule has 7 nitrogen and oxygen atoms in total. The summed E-state index contributed by atoms with van der Waals surface area (Å²) in [6.07, 6.45) is 7.60. The molecule has 0 saturated heterocycles. The molecule has 7 heteroatoms. The van der Waals surface area contributed by atoms with E-state index >= 15 is 0 Å². The fourth-order valence-electron chi connectivity index (χ4n) is 2.27. The average molecular weight is 317 g/mol. The summed E-state index contributed by atoms with van der Waals surface area (Å²) >= 11 is 0. The first kappa shape index (κ1) is 17.0. The van der Waals surface area contributed by atoms with E-state index in [0.717, 1.165) is 17.8 Å². The van der Waals surface area contributed by atoms with Gasteiger partial charge in [0.05, 0.1) is 12.6 Å². The third kappa shape index (κ3) is 5.37. The minimum atomic E-state index is -0.286. The lowest BCUT2D eigenvalue weighted by Crippen LogP contribution is -2.44. The topological polar surface area (TPSA) is 92.1 Å². The van der Waals surface area contributed by atoms with Gasteiger partial charge in [-0.05, 0) is 30.0 Å². The van der Waals surface area contributed by atoms with Gasteiger partial charge in [-0.25, -0.2) is 14.8 Å². The number of aromatic nitrogens is 3. The van der Waals surface area contributed by atoms with Crippen molar-refractivity contribution in [3.63, 3.8) is 0 Å². The van der Waals surface area contributed by atoms with Gasteiger partial charge in [0.1, 0.15) is 12.1 Å². The summed E-state index contributed by atoms with van der Waals surface area (Å²) in [5.41, 5.74) is 0.934. The molecule has 0 bridgehead atoms. The maximum Gasteiger partial charge on any atom is 0.315 e. The SMILES string of the molecule is CC(C)C[C@H](CO)NC(=O)NCc1ccnc(-n2ccnc2)c1. The standard InChI is InChI=1S/C16H23N5O2/c1-12(2)7-14(10-22)20-16(23)19-9-13-3-4-18-15(8-13)21-6-5-17-11-21/h3-6,8,11-12,14,22H,7,9-10H2,1-2H3,(H2,19,20,23)/t14-/m1/s1. The van der Waals surface area contributed by atoms with E-state index in [1.165, 1.54) is 0 Å². The predicted molar refractivity (Wildman–Crippen MR) is 87.1 cm³/mol. The number of pyridine rings is 1. The zero-order valence-electron chi connectivity index (χ0n) is 13.4. The van der Waals surface area contributed by atoms with Crippen molar-refractivity contribution in [2.75, 3.05) is 6.61 Å². The van der Waals surface area contributed by atoms with Crippen LogP contribution in [0.2, 0.25) is 0 Å². The number of aliphatic hydroxyl groups excluding tert-OH is 1. The normalized spacial score (nSPS) is 12.2. The van der Waals surface area contributed by atoms with E-state index in [-0.39, 0.29) is 18.7 Å². The summed E-state index contributed by atoms with van der Waals surface area (Å²) < 4.78 is 1.80. The third-order valence-electron chi connectivity index (χ3n) is 3.34. The molecule has 0 spiro atoms. The van der Waals surface area contributed by atoms with Crippen molar-refractivity contribution in [1.29, 1.82) is 0 Å². The summed E-state index contributed by atoms with van der Waals surface area (Å²) in [5, 5.41) is 14.9. The van der Waals surface area contributed by atoms with Crippen LogP contribution in [0.1, 0.15) is 25.8 Å². The first-order valence-corrected chi connectivity index (χ1v) is 7.67. The second kappa shape index (κ2) is 8.28. The highest BCUT2D eigenvalue weighted by Crippen LogP contribution is 2.07. The van der Waals surface area contributed by atoms with Gasteiger partial charge in [0.2, 0.25) is 0 Å². The lowest BCUT2D eigenvalue weighted by atomic mass is 10.0. The molecule has 23 heavy (non-hydrogen) atoms. The fourth-order valence-corrected chi connectivity index (χ4v) is 2.27. The van der Waals surface area contributed by atoms with Crippen LogP contribution < -0.4 is 10.6 Å². The van der Waals surface area contributed by atoms with Gasteiger partial charge < -0.3 is 15.7 Å². The summed E-state index contributed by atoms with van der Waals surface area (Å²) in [6.45, 7) is 4.43. The molecule has 0 aromatic carbocycles. The van der Waals surface area contributed by atoms with E-state index in [2.05, 4.69) is 34.4 Å². The van der Waals surface area contributed by atoms with Crippen LogP contribution >= 0.6 is 0 Å². The van der Waals surface area contributed by atoms with Gasteiger partial charge in [-0.15, -0.1) is 0 Å². The van der Waals surface area contributed by atoms with Gasteiger partial charge in [-0.3, -0.25) is 4.57 Å². The lowest BCUT2D eigenvalue weighted by molar-refractivity contribution is 0.206. The van der Waals surface area contributed by atoms with E-state index in [1.54, 1.807) is 23.3 Å². The Labute approximate surface area is 135 Å². The first-order valence-electron chi connectivity index (χ1n) is 7.67. The summed E-state index contributed by atoms with van der Waals surface area (Å²) in [5.74, 6) is 1.15. The van der Waals surface area contributed by atoms with Crippen LogP contribution in [0.25, 0.3) is 5.82 Å². The van der Waals surface area contributed by atoms with Crippen LogP contribution in [0.4, 0.5) is 4.79 Å². The van der Waals surface area contributed by atoms with Gasteiger partial charge >= 0.3 is 6.03 Å². The monoisotopic (exact) mass is 317 g/mol. The van der Waals surface area contributed by atoms with Crippen LogP contribution in [0.3, 0.4) is 0 Å². The van der Waals surface area contributed by atoms with Crippen molar-refractivity contribution >= 4 is 6.03 Å². The van der Waals surface area contributed by atoms with E-state index in [9.17, 15) is 9.90 Å². The van der Waals surface area contributed by atoms with Crippen LogP contribution in [0.15, 0.2) is 37.1 Å². The third-order valence-corrected chi connectivity index (χ3v) is 3.34. The van der Waals surface area contributed by atoms with Crippen molar-refractivity contribution in [3.05, 3.63) is 42.6 Å². The molecular weight excluding hydrogens is 294 g/mol. The highest BCUT2D eigenvalue weighted by Gasteiger charge is 2.12. The van der Waals surface area contributed by atoms with E-state index in [4.69, 9.17) is 0 Å². The highest BCUT2D eigenvalue weighted by molar-refractivity contribution is 5.74. The Hall–Kier alpha value is -2.41. The Morgan fingerprint density at radius 3 is 2.87 bits per heavy atom. The van der Waals surface area contributed by atoms with Crippen LogP contribution in [0.5, 0.6) is 0 Å². The zero-order chi connectivity index (χ0) is 16.7. The van der Waals surface area contributed by atoms with Gasteiger partial charge in [-0.2, -0.15) is 0 Å². The summed E-state index contributed by atoms with van der Waals surface area (Å²) in [4.78, 5) is 20.2. The Kier molecular flexibility index (Phi) is 6.10. The number of amides is 2. The average Bonchev–Trinajstić information content (AvgIpc) is 3.06. The first-order chi connectivity index (χ1) is 11.1. The molecule has 2 heterocycles. The molecule has 2 aromatic heterocycles. The number of hydrogen-bond acceptors (Lipinski definition) is 4. The molecule has 0 aliphatic rings. The van der Waals surface area contributed by atoms with Gasteiger partial charge in [0, 0.05) is 25.1 Å². The molecule has 2 aromatic rings. The number of urea groups is 1. The number of nitrogens with zero attached hydrogens (tertiary/aromatic N) is 3. The van der Waals surface area contributed by atoms with E-state index in [1.807, 2.05) is 18.3 Å². The number of imidazole rings is 1. The van der Waals surface area contributed by atoms with Gasteiger partial charge in [-0.1, -0.05) is 13.8 Å². The quantitative estimate of drug-likeness (QED) is 0.721. The zero-order valence-corrected chi connectivity index (χ0v) is 13.4. The van der Waals surface area contributed by atoms with Crippen LogP contribution in [0, 0.1) is 5.92 Å². The summed E-state index contributed by atoms with van der Waals surface area (Å²) in [6, 6.07) is 3.22. The van der Waals surface area contributed by atoms with Gasteiger partial charge in [0.15, 0.2) is 0 Å². The maximum absolute atomic E-state index is 11.9. The van der Waals surface area contributed by atoms with Crippen LogP contribution in [-0.4, -0.2) is 38.3 Å². The highest BCUT2D eigenvalue weighted by atomic mass is 16.3. The van der Waals surface area contributed by atoms with Crippen molar-refractivity contribution in [2.24, 2.45) is 5.92 Å². The molecule has 0 aliphatic carbocycles. The minimum absolute atomic E-state index is 0.0639. The predicted octanol–water partition coefficient (Wildman–Crippen LogP) is 1.47. The molecule has 0 radical (unpaired) electrons. The molecule has 2 amide bonds. The second-order valence-electron chi connectivity index (χ2n) is 5.83. The van der Waals surface area contributed by atoms with Crippen molar-refractivity contribution in [3.8, 4) is 5.82 Å². The Morgan fingerprint density at radius 1 is 1.39 bits per heavy atom. The van der Waals surface area contributed by atoms with Crippen molar-refractivity contribution in [1.82, 2.24) is 25.2 Å². The maximum atomic E-state index is 11.9. The smallest absolute Gasteiger partial charge is 0.315 e. The number of rotatable bonds is 7. The molecule has 124 valence electrons. The number of nitrogens with one attached hydrogen (secondary N) is 2. The number of carbonyl (C=O) groups excluding carboxylic acids is 1. The Balaban J connectivity index is 1.88. The largest absolute Gasteiger partial charge is 0.394 e. The van der Waals surface area contributed by atoms with Crippen molar-refractivity contribution < 1.29 is 9.90 Å². The number of aliphatic hydroxyl groups is 1. The summed E-state index contributed by atoms with van der Waals surface area (Å²) in [7, 11) is 0. The molecule has 0 saturated carbocycles. The molecule has 0 fully saturated rings. The molecule has 0 aliphatic heterocycles. The Bertz CT molecular complexity index is 613. The van der Waals surface area contributed by atoms with Gasteiger partial charge in [0.25, 0.3) is 0 Å².